The normalized spacial score (nSPS) is 14.1. The minimum absolute atomic E-state index is 0.739. The van der Waals surface area contributed by atoms with Gasteiger partial charge in [-0.25, -0.2) is 4.98 Å². The molecule has 0 saturated carbocycles. The van der Waals surface area contributed by atoms with Gasteiger partial charge in [0.15, 0.2) is 0 Å². The van der Waals surface area contributed by atoms with Crippen LogP contribution in [-0.4, -0.2) is 12.1 Å². The zero-order valence-electron chi connectivity index (χ0n) is 7.08. The van der Waals surface area contributed by atoms with E-state index >= 15 is 0 Å². The van der Waals surface area contributed by atoms with Crippen molar-refractivity contribution < 1.29 is 4.74 Å². The summed E-state index contributed by atoms with van der Waals surface area (Å²) < 4.78 is 5.15. The quantitative estimate of drug-likeness (QED) is 0.596. The van der Waals surface area contributed by atoms with Crippen molar-refractivity contribution in [2.75, 3.05) is 7.11 Å². The Bertz CT molecular complexity index is 395. The van der Waals surface area contributed by atoms with Gasteiger partial charge < -0.3 is 4.74 Å². The van der Waals surface area contributed by atoms with Crippen LogP contribution in [-0.2, 0) is 0 Å². The molecule has 0 aromatic carbocycles. The van der Waals surface area contributed by atoms with Crippen molar-refractivity contribution in [3.8, 4) is 5.88 Å². The number of pyridine rings is 1. The lowest BCUT2D eigenvalue weighted by Crippen LogP contribution is -2.28. The van der Waals surface area contributed by atoms with Gasteiger partial charge in [0.25, 0.3) is 0 Å². The second-order valence-electron chi connectivity index (χ2n) is 2.81. The SMILES string of the molecule is COc1nccc2c1=CCCC=2. The van der Waals surface area contributed by atoms with Gasteiger partial charge in [-0.05, 0) is 24.1 Å². The van der Waals surface area contributed by atoms with E-state index < -0.39 is 0 Å². The van der Waals surface area contributed by atoms with Crippen LogP contribution in [0.4, 0.5) is 0 Å². The van der Waals surface area contributed by atoms with Gasteiger partial charge in [-0.3, -0.25) is 0 Å². The van der Waals surface area contributed by atoms with Crippen LogP contribution >= 0.6 is 0 Å². The van der Waals surface area contributed by atoms with E-state index in [1.807, 2.05) is 6.07 Å². The number of ether oxygens (including phenoxy) is 1. The maximum atomic E-state index is 5.15. The van der Waals surface area contributed by atoms with Gasteiger partial charge in [-0.1, -0.05) is 12.2 Å². The van der Waals surface area contributed by atoms with Gasteiger partial charge in [0.1, 0.15) is 0 Å². The summed E-state index contributed by atoms with van der Waals surface area (Å²) in [4.78, 5) is 4.14. The summed E-state index contributed by atoms with van der Waals surface area (Å²) >= 11 is 0. The first-order valence-electron chi connectivity index (χ1n) is 4.11. The van der Waals surface area contributed by atoms with Crippen LogP contribution in [0.15, 0.2) is 12.3 Å². The Balaban J connectivity index is 2.77. The highest BCUT2D eigenvalue weighted by Gasteiger charge is 1.99. The lowest BCUT2D eigenvalue weighted by atomic mass is 10.1. The molecule has 1 aromatic rings. The van der Waals surface area contributed by atoms with Crippen LogP contribution in [0.5, 0.6) is 5.88 Å². The molecule has 0 amide bonds. The number of rotatable bonds is 1. The van der Waals surface area contributed by atoms with E-state index in [0.717, 1.165) is 23.9 Å². The minimum Gasteiger partial charge on any atom is -0.481 e. The molecule has 0 atom stereocenters. The summed E-state index contributed by atoms with van der Waals surface area (Å²) in [6, 6.07) is 2.02. The average molecular weight is 161 g/mol. The first-order valence-corrected chi connectivity index (χ1v) is 4.11. The summed E-state index contributed by atoms with van der Waals surface area (Å²) in [5, 5.41) is 2.39. The molecule has 0 aliphatic heterocycles. The fourth-order valence-electron chi connectivity index (χ4n) is 1.48. The number of hydrogen-bond acceptors (Lipinski definition) is 2. The summed E-state index contributed by atoms with van der Waals surface area (Å²) in [5.74, 6) is 0.739. The summed E-state index contributed by atoms with van der Waals surface area (Å²) in [5.41, 5.74) is 0. The molecule has 0 fully saturated rings. The van der Waals surface area contributed by atoms with Gasteiger partial charge in [-0.15, -0.1) is 0 Å². The Morgan fingerprint density at radius 3 is 3.00 bits per heavy atom. The predicted molar refractivity (Wildman–Crippen MR) is 48.2 cm³/mol. The topological polar surface area (TPSA) is 22.1 Å². The van der Waals surface area contributed by atoms with E-state index in [1.165, 1.54) is 5.22 Å². The molecule has 12 heavy (non-hydrogen) atoms. The van der Waals surface area contributed by atoms with Gasteiger partial charge in [0, 0.05) is 11.4 Å². The summed E-state index contributed by atoms with van der Waals surface area (Å²) in [7, 11) is 1.66. The molecule has 1 aliphatic carbocycles. The van der Waals surface area contributed by atoms with Crippen molar-refractivity contribution in [1.82, 2.24) is 4.98 Å². The monoisotopic (exact) mass is 161 g/mol. The Morgan fingerprint density at radius 1 is 1.33 bits per heavy atom. The fraction of sp³-hybridized carbons (Fsp3) is 0.300. The zero-order chi connectivity index (χ0) is 8.39. The van der Waals surface area contributed by atoms with Crippen LogP contribution in [0.1, 0.15) is 12.8 Å². The van der Waals surface area contributed by atoms with E-state index in [0.29, 0.717) is 0 Å². The minimum atomic E-state index is 0.739. The Hall–Kier alpha value is -1.31. The van der Waals surface area contributed by atoms with E-state index in [2.05, 4.69) is 17.1 Å². The van der Waals surface area contributed by atoms with E-state index in [1.54, 1.807) is 13.3 Å². The van der Waals surface area contributed by atoms with Crippen molar-refractivity contribution in [1.29, 1.82) is 0 Å². The van der Waals surface area contributed by atoms with Crippen LogP contribution in [0.3, 0.4) is 0 Å². The second kappa shape index (κ2) is 2.97. The highest BCUT2D eigenvalue weighted by Crippen LogP contribution is 1.99. The molecule has 2 rings (SSSR count). The smallest absolute Gasteiger partial charge is 0.220 e. The van der Waals surface area contributed by atoms with Gasteiger partial charge in [0.2, 0.25) is 5.88 Å². The van der Waals surface area contributed by atoms with Gasteiger partial charge in [-0.2, -0.15) is 0 Å². The lowest BCUT2D eigenvalue weighted by molar-refractivity contribution is 0.393. The molecule has 0 radical (unpaired) electrons. The number of nitrogens with zero attached hydrogens (tertiary/aromatic N) is 1. The third-order valence-electron chi connectivity index (χ3n) is 2.06. The molecule has 0 N–H and O–H groups in total. The first kappa shape index (κ1) is 7.35. The number of hydrogen-bond donors (Lipinski definition) is 0. The van der Waals surface area contributed by atoms with Crippen LogP contribution < -0.4 is 15.2 Å². The molecule has 2 heteroatoms. The van der Waals surface area contributed by atoms with E-state index in [4.69, 9.17) is 4.74 Å². The molecule has 1 aromatic heterocycles. The van der Waals surface area contributed by atoms with Crippen molar-refractivity contribution >= 4 is 12.2 Å². The molecule has 1 heterocycles. The summed E-state index contributed by atoms with van der Waals surface area (Å²) in [6.07, 6.45) is 8.41. The van der Waals surface area contributed by atoms with Gasteiger partial charge >= 0.3 is 0 Å². The Labute approximate surface area is 71.2 Å². The molecule has 62 valence electrons. The van der Waals surface area contributed by atoms with Crippen molar-refractivity contribution in [2.45, 2.75) is 12.8 Å². The highest BCUT2D eigenvalue weighted by atomic mass is 16.5. The average Bonchev–Trinajstić information content (AvgIpc) is 2.17. The summed E-state index contributed by atoms with van der Waals surface area (Å²) in [6.45, 7) is 0. The molecular weight excluding hydrogens is 150 g/mol. The van der Waals surface area contributed by atoms with Gasteiger partial charge in [0.05, 0.1) is 7.11 Å². The Kier molecular flexibility index (Phi) is 1.82. The molecule has 0 bridgehead atoms. The molecule has 0 unspecified atom stereocenters. The first-order chi connectivity index (χ1) is 5.92. The van der Waals surface area contributed by atoms with Crippen molar-refractivity contribution in [3.63, 3.8) is 0 Å². The van der Waals surface area contributed by atoms with E-state index in [-0.39, 0.29) is 0 Å². The standard InChI is InChI=1S/C10H11NO/c1-12-10-9-5-3-2-4-8(9)6-7-11-10/h4-7H,2-3H2,1H3. The molecule has 1 aliphatic rings. The van der Waals surface area contributed by atoms with Crippen LogP contribution in [0, 0.1) is 0 Å². The third-order valence-corrected chi connectivity index (χ3v) is 2.06. The molecule has 2 nitrogen and oxygen atoms in total. The number of fused-ring (bicyclic) bond motifs is 1. The van der Waals surface area contributed by atoms with Crippen LogP contribution in [0.25, 0.3) is 12.2 Å². The maximum absolute atomic E-state index is 5.15. The van der Waals surface area contributed by atoms with Crippen molar-refractivity contribution in [2.24, 2.45) is 0 Å². The molecule has 0 saturated heterocycles. The van der Waals surface area contributed by atoms with Crippen molar-refractivity contribution in [3.05, 3.63) is 22.7 Å². The number of methoxy groups -OCH3 is 1. The predicted octanol–water partition coefficient (Wildman–Crippen LogP) is 0.445. The zero-order valence-corrected chi connectivity index (χ0v) is 7.08. The Morgan fingerprint density at radius 2 is 2.17 bits per heavy atom. The van der Waals surface area contributed by atoms with E-state index in [9.17, 15) is 0 Å². The highest BCUT2D eigenvalue weighted by molar-refractivity contribution is 5.40. The molecular formula is C10H11NO. The third kappa shape index (κ3) is 1.09. The molecule has 0 spiro atoms. The van der Waals surface area contributed by atoms with Crippen LogP contribution in [0.2, 0.25) is 0 Å². The largest absolute Gasteiger partial charge is 0.481 e. The number of aromatic nitrogens is 1. The fourth-order valence-corrected chi connectivity index (χ4v) is 1.48. The maximum Gasteiger partial charge on any atom is 0.220 e. The second-order valence-corrected chi connectivity index (χ2v) is 2.81. The lowest BCUT2D eigenvalue weighted by Gasteiger charge is -2.03.